The van der Waals surface area contributed by atoms with E-state index in [0.717, 1.165) is 11.1 Å². The van der Waals surface area contributed by atoms with Crippen LogP contribution < -0.4 is 5.73 Å². The van der Waals surface area contributed by atoms with E-state index >= 15 is 0 Å². The van der Waals surface area contributed by atoms with Gasteiger partial charge in [-0.1, -0.05) is 30.3 Å². The van der Waals surface area contributed by atoms with Crippen LogP contribution in [0.2, 0.25) is 0 Å². The lowest BCUT2D eigenvalue weighted by Gasteiger charge is -2.15. The third-order valence-corrected chi connectivity index (χ3v) is 3.68. The van der Waals surface area contributed by atoms with Crippen molar-refractivity contribution in [2.75, 3.05) is 0 Å². The standard InChI is InChI=1S/C17H16N4O3/c1-10-13-8-12(9-19-16(13)21(2)20-10)17(23)24-14(15(18)22)11-6-4-3-5-7-11/h3-9,14H,1-2H3,(H2,18,22). The summed E-state index contributed by atoms with van der Waals surface area (Å²) in [5.74, 6) is -1.40. The summed E-state index contributed by atoms with van der Waals surface area (Å²) >= 11 is 0. The van der Waals surface area contributed by atoms with Gasteiger partial charge in [0.25, 0.3) is 5.91 Å². The largest absolute Gasteiger partial charge is 0.444 e. The first kappa shape index (κ1) is 15.7. The molecule has 0 radical (unpaired) electrons. The topological polar surface area (TPSA) is 100 Å². The third kappa shape index (κ3) is 2.83. The van der Waals surface area contributed by atoms with E-state index in [0.29, 0.717) is 11.2 Å². The van der Waals surface area contributed by atoms with Gasteiger partial charge in [0.15, 0.2) is 5.65 Å². The second-order valence-electron chi connectivity index (χ2n) is 5.40. The Balaban J connectivity index is 1.91. The predicted molar refractivity (Wildman–Crippen MR) is 87.0 cm³/mol. The normalized spacial score (nSPS) is 12.1. The Bertz CT molecular complexity index is 918. The van der Waals surface area contributed by atoms with Crippen molar-refractivity contribution in [2.45, 2.75) is 13.0 Å². The third-order valence-electron chi connectivity index (χ3n) is 3.68. The van der Waals surface area contributed by atoms with E-state index in [4.69, 9.17) is 10.5 Å². The summed E-state index contributed by atoms with van der Waals surface area (Å²) in [5.41, 5.74) is 7.54. The van der Waals surface area contributed by atoms with Gasteiger partial charge in [-0.25, -0.2) is 9.78 Å². The molecule has 122 valence electrons. The summed E-state index contributed by atoms with van der Waals surface area (Å²) < 4.78 is 6.93. The van der Waals surface area contributed by atoms with Crippen molar-refractivity contribution >= 4 is 22.9 Å². The fraction of sp³-hybridized carbons (Fsp3) is 0.176. The monoisotopic (exact) mass is 324 g/mol. The smallest absolute Gasteiger partial charge is 0.340 e. The molecule has 0 bridgehead atoms. The molecule has 2 N–H and O–H groups in total. The fourth-order valence-electron chi connectivity index (χ4n) is 2.51. The van der Waals surface area contributed by atoms with Crippen LogP contribution in [-0.4, -0.2) is 26.6 Å². The molecule has 1 aromatic carbocycles. The molecule has 0 aliphatic rings. The lowest BCUT2D eigenvalue weighted by atomic mass is 10.1. The van der Waals surface area contributed by atoms with Crippen LogP contribution >= 0.6 is 0 Å². The minimum absolute atomic E-state index is 0.237. The van der Waals surface area contributed by atoms with Gasteiger partial charge in [-0.3, -0.25) is 9.48 Å². The summed E-state index contributed by atoms with van der Waals surface area (Å²) in [5, 5.41) is 5.01. The van der Waals surface area contributed by atoms with Crippen LogP contribution in [0.3, 0.4) is 0 Å². The maximum Gasteiger partial charge on any atom is 0.340 e. The van der Waals surface area contributed by atoms with Crippen LogP contribution in [0.25, 0.3) is 11.0 Å². The average Bonchev–Trinajstić information content (AvgIpc) is 2.87. The highest BCUT2D eigenvalue weighted by molar-refractivity contribution is 5.95. The molecule has 2 aromatic heterocycles. The van der Waals surface area contributed by atoms with Crippen molar-refractivity contribution < 1.29 is 14.3 Å². The van der Waals surface area contributed by atoms with Gasteiger partial charge >= 0.3 is 5.97 Å². The molecule has 3 rings (SSSR count). The van der Waals surface area contributed by atoms with Crippen LogP contribution in [0.4, 0.5) is 0 Å². The maximum atomic E-state index is 12.4. The predicted octanol–water partition coefficient (Wildman–Crippen LogP) is 1.66. The zero-order valence-corrected chi connectivity index (χ0v) is 13.3. The van der Waals surface area contributed by atoms with Gasteiger partial charge in [0.1, 0.15) is 0 Å². The van der Waals surface area contributed by atoms with E-state index in [1.807, 2.05) is 6.92 Å². The number of nitrogens with two attached hydrogens (primary N) is 1. The molecule has 7 heteroatoms. The molecule has 0 aliphatic carbocycles. The van der Waals surface area contributed by atoms with E-state index in [1.54, 1.807) is 48.1 Å². The second-order valence-corrected chi connectivity index (χ2v) is 5.40. The summed E-state index contributed by atoms with van der Waals surface area (Å²) in [6, 6.07) is 10.3. The molecule has 2 heterocycles. The highest BCUT2D eigenvalue weighted by Gasteiger charge is 2.24. The molecule has 1 unspecified atom stereocenters. The number of carbonyl (C=O) groups excluding carboxylic acids is 2. The molecule has 0 saturated carbocycles. The summed E-state index contributed by atoms with van der Waals surface area (Å²) in [4.78, 5) is 28.3. The van der Waals surface area contributed by atoms with Gasteiger partial charge in [0.2, 0.25) is 6.10 Å². The van der Waals surface area contributed by atoms with Gasteiger partial charge in [0, 0.05) is 24.2 Å². The number of nitrogens with zero attached hydrogens (tertiary/aromatic N) is 3. The molecule has 0 spiro atoms. The van der Waals surface area contributed by atoms with Crippen LogP contribution in [0.1, 0.15) is 27.7 Å². The molecule has 1 atom stereocenters. The van der Waals surface area contributed by atoms with E-state index < -0.39 is 18.0 Å². The number of benzene rings is 1. The Morgan fingerprint density at radius 3 is 2.62 bits per heavy atom. The van der Waals surface area contributed by atoms with Gasteiger partial charge in [0.05, 0.1) is 11.3 Å². The number of primary amides is 1. The first-order valence-electron chi connectivity index (χ1n) is 7.32. The summed E-state index contributed by atoms with van der Waals surface area (Å²) in [6.07, 6.45) is 0.249. The number of aryl methyl sites for hydroxylation is 2. The average molecular weight is 324 g/mol. The van der Waals surface area contributed by atoms with Crippen molar-refractivity contribution in [3.63, 3.8) is 0 Å². The number of fused-ring (bicyclic) bond motifs is 1. The number of rotatable bonds is 4. The highest BCUT2D eigenvalue weighted by Crippen LogP contribution is 2.21. The van der Waals surface area contributed by atoms with Crippen LogP contribution in [0.5, 0.6) is 0 Å². The molecule has 0 saturated heterocycles. The molecule has 0 aliphatic heterocycles. The number of amides is 1. The van der Waals surface area contributed by atoms with Crippen molar-refractivity contribution in [1.29, 1.82) is 0 Å². The number of pyridine rings is 1. The summed E-state index contributed by atoms with van der Waals surface area (Å²) in [7, 11) is 1.78. The molecule has 3 aromatic rings. The fourth-order valence-corrected chi connectivity index (χ4v) is 2.51. The number of esters is 1. The van der Waals surface area contributed by atoms with E-state index in [-0.39, 0.29) is 5.56 Å². The number of ether oxygens (including phenoxy) is 1. The number of carbonyl (C=O) groups is 2. The Morgan fingerprint density at radius 1 is 1.25 bits per heavy atom. The number of hydrogen-bond donors (Lipinski definition) is 1. The van der Waals surface area contributed by atoms with Gasteiger partial charge in [-0.2, -0.15) is 5.10 Å². The van der Waals surface area contributed by atoms with E-state index in [2.05, 4.69) is 10.1 Å². The van der Waals surface area contributed by atoms with Crippen LogP contribution in [-0.2, 0) is 16.6 Å². The zero-order chi connectivity index (χ0) is 17.3. The van der Waals surface area contributed by atoms with Gasteiger partial charge < -0.3 is 10.5 Å². The van der Waals surface area contributed by atoms with Crippen LogP contribution in [0, 0.1) is 6.92 Å². The first-order valence-corrected chi connectivity index (χ1v) is 7.32. The maximum absolute atomic E-state index is 12.4. The molecule has 7 nitrogen and oxygen atoms in total. The molecule has 1 amide bonds. The minimum Gasteiger partial charge on any atom is -0.444 e. The van der Waals surface area contributed by atoms with Gasteiger partial charge in [-0.05, 0) is 13.0 Å². The van der Waals surface area contributed by atoms with E-state index in [1.165, 1.54) is 6.20 Å². The van der Waals surface area contributed by atoms with Crippen molar-refractivity contribution in [1.82, 2.24) is 14.8 Å². The first-order chi connectivity index (χ1) is 11.5. The second kappa shape index (κ2) is 6.11. The number of hydrogen-bond acceptors (Lipinski definition) is 5. The van der Waals surface area contributed by atoms with Crippen molar-refractivity contribution in [2.24, 2.45) is 12.8 Å². The highest BCUT2D eigenvalue weighted by atomic mass is 16.5. The zero-order valence-electron chi connectivity index (χ0n) is 13.3. The Labute approximate surface area is 138 Å². The van der Waals surface area contributed by atoms with Crippen molar-refractivity contribution in [3.8, 4) is 0 Å². The molecular formula is C17H16N4O3. The van der Waals surface area contributed by atoms with Crippen molar-refractivity contribution in [3.05, 3.63) is 59.4 Å². The Morgan fingerprint density at radius 2 is 1.96 bits per heavy atom. The SMILES string of the molecule is Cc1nn(C)c2ncc(C(=O)OC(C(N)=O)c3ccccc3)cc12. The lowest BCUT2D eigenvalue weighted by Crippen LogP contribution is -2.26. The molecule has 0 fully saturated rings. The lowest BCUT2D eigenvalue weighted by molar-refractivity contribution is -0.127. The Kier molecular flexibility index (Phi) is 3.99. The van der Waals surface area contributed by atoms with E-state index in [9.17, 15) is 9.59 Å². The Hall–Kier alpha value is -3.22. The van der Waals surface area contributed by atoms with Crippen LogP contribution in [0.15, 0.2) is 42.6 Å². The number of aromatic nitrogens is 3. The summed E-state index contributed by atoms with van der Waals surface area (Å²) in [6.45, 7) is 1.83. The quantitative estimate of drug-likeness (QED) is 0.736. The molecular weight excluding hydrogens is 308 g/mol. The van der Waals surface area contributed by atoms with Gasteiger partial charge in [-0.15, -0.1) is 0 Å². The minimum atomic E-state index is -1.15. The molecule has 24 heavy (non-hydrogen) atoms.